The highest BCUT2D eigenvalue weighted by molar-refractivity contribution is 5.88. The summed E-state index contributed by atoms with van der Waals surface area (Å²) < 4.78 is 0. The third-order valence-electron chi connectivity index (χ3n) is 8.69. The molecule has 3 nitrogen and oxygen atoms in total. The van der Waals surface area contributed by atoms with E-state index in [-0.39, 0.29) is 5.91 Å². The van der Waals surface area contributed by atoms with E-state index in [1.54, 1.807) is 0 Å². The van der Waals surface area contributed by atoms with Crippen molar-refractivity contribution < 1.29 is 9.90 Å². The maximum atomic E-state index is 12.4. The van der Waals surface area contributed by atoms with Crippen molar-refractivity contribution in [3.63, 3.8) is 0 Å². The largest absolute Gasteiger partial charge is 0.380 e. The SMILES string of the molecule is C=C(c1ccc(C(CC(C)CC)CC(CC)CCCC)cc1)C1CCN(C(=O)C2(O)CC2)CC1. The molecule has 1 aromatic carbocycles. The molecule has 1 saturated carbocycles. The summed E-state index contributed by atoms with van der Waals surface area (Å²) in [6, 6.07) is 9.31. The Hall–Kier alpha value is -1.61. The third kappa shape index (κ3) is 6.97. The van der Waals surface area contributed by atoms with E-state index in [0.29, 0.717) is 24.7 Å². The molecule has 34 heavy (non-hydrogen) atoms. The first kappa shape index (κ1) is 27.0. The van der Waals surface area contributed by atoms with Crippen LogP contribution < -0.4 is 0 Å². The van der Waals surface area contributed by atoms with E-state index in [1.165, 1.54) is 61.6 Å². The van der Waals surface area contributed by atoms with Crippen molar-refractivity contribution in [2.45, 2.75) is 110 Å². The van der Waals surface area contributed by atoms with Gasteiger partial charge < -0.3 is 10.0 Å². The van der Waals surface area contributed by atoms with Crippen LogP contribution in [-0.2, 0) is 4.79 Å². The molecule has 1 aromatic rings. The minimum absolute atomic E-state index is 0.0578. The molecule has 0 aromatic heterocycles. The van der Waals surface area contributed by atoms with Gasteiger partial charge in [-0.05, 0) is 78.9 Å². The molecule has 1 heterocycles. The molecular formula is C31H49NO2. The standard InChI is InChI=1S/C31H49NO2/c1-6-9-10-25(8-3)22-29(21-23(4)7-2)28-13-11-26(12-14-28)24(5)27-15-19-32(20-16-27)30(33)31(34)17-18-31/h11-14,23,25,27,29,34H,5-10,15-22H2,1-4H3. The van der Waals surface area contributed by atoms with Gasteiger partial charge in [0.15, 0.2) is 0 Å². The smallest absolute Gasteiger partial charge is 0.254 e. The molecule has 3 unspecified atom stereocenters. The first-order chi connectivity index (χ1) is 16.3. The first-order valence-electron chi connectivity index (χ1n) is 14.1. The summed E-state index contributed by atoms with van der Waals surface area (Å²) in [7, 11) is 0. The molecule has 0 spiro atoms. The Morgan fingerprint density at radius 3 is 2.26 bits per heavy atom. The fraction of sp³-hybridized carbons (Fsp3) is 0.710. The second-order valence-electron chi connectivity index (χ2n) is 11.3. The number of allylic oxidation sites excluding steroid dienone is 1. The predicted octanol–water partition coefficient (Wildman–Crippen LogP) is 7.59. The van der Waals surface area contributed by atoms with Crippen LogP contribution in [0.4, 0.5) is 0 Å². The Bertz CT molecular complexity index is 786. The van der Waals surface area contributed by atoms with Crippen molar-refractivity contribution in [3.05, 3.63) is 42.0 Å². The molecule has 0 radical (unpaired) electrons. The maximum absolute atomic E-state index is 12.4. The van der Waals surface area contributed by atoms with Crippen LogP contribution >= 0.6 is 0 Å². The molecule has 3 heteroatoms. The van der Waals surface area contributed by atoms with Crippen molar-refractivity contribution >= 4 is 11.5 Å². The van der Waals surface area contributed by atoms with Gasteiger partial charge in [-0.2, -0.15) is 0 Å². The summed E-state index contributed by atoms with van der Waals surface area (Å²) in [6.07, 6.45) is 12.2. The number of hydrogen-bond acceptors (Lipinski definition) is 2. The zero-order valence-electron chi connectivity index (χ0n) is 22.3. The lowest BCUT2D eigenvalue weighted by atomic mass is 9.79. The van der Waals surface area contributed by atoms with Gasteiger partial charge in [-0.25, -0.2) is 0 Å². The van der Waals surface area contributed by atoms with E-state index < -0.39 is 5.60 Å². The van der Waals surface area contributed by atoms with Crippen LogP contribution in [0.1, 0.15) is 115 Å². The summed E-state index contributed by atoms with van der Waals surface area (Å²) >= 11 is 0. The average Bonchev–Trinajstić information content (AvgIpc) is 3.63. The van der Waals surface area contributed by atoms with Gasteiger partial charge in [0.25, 0.3) is 5.91 Å². The number of rotatable bonds is 13. The van der Waals surface area contributed by atoms with Crippen LogP contribution in [0.2, 0.25) is 0 Å². The quantitative estimate of drug-likeness (QED) is 0.325. The number of piperidine rings is 1. The van der Waals surface area contributed by atoms with E-state index in [9.17, 15) is 9.90 Å². The number of benzene rings is 1. The van der Waals surface area contributed by atoms with Crippen molar-refractivity contribution in [2.75, 3.05) is 13.1 Å². The lowest BCUT2D eigenvalue weighted by Gasteiger charge is -2.34. The topological polar surface area (TPSA) is 40.5 Å². The van der Waals surface area contributed by atoms with Crippen molar-refractivity contribution in [2.24, 2.45) is 17.8 Å². The van der Waals surface area contributed by atoms with E-state index >= 15 is 0 Å². The van der Waals surface area contributed by atoms with Gasteiger partial charge >= 0.3 is 0 Å². The van der Waals surface area contributed by atoms with E-state index in [0.717, 1.165) is 37.8 Å². The van der Waals surface area contributed by atoms with Crippen LogP contribution in [-0.4, -0.2) is 34.6 Å². The van der Waals surface area contributed by atoms with Crippen molar-refractivity contribution in [1.29, 1.82) is 0 Å². The molecular weight excluding hydrogens is 418 g/mol. The summed E-state index contributed by atoms with van der Waals surface area (Å²) in [5.41, 5.74) is 2.90. The maximum Gasteiger partial charge on any atom is 0.254 e. The molecule has 1 N–H and O–H groups in total. The number of amides is 1. The highest BCUT2D eigenvalue weighted by atomic mass is 16.3. The number of aliphatic hydroxyl groups is 1. The number of nitrogens with zero attached hydrogens (tertiary/aromatic N) is 1. The van der Waals surface area contributed by atoms with Gasteiger partial charge in [-0.1, -0.05) is 90.6 Å². The van der Waals surface area contributed by atoms with Gasteiger partial charge in [0.05, 0.1) is 0 Å². The molecule has 1 saturated heterocycles. The summed E-state index contributed by atoms with van der Waals surface area (Å²) in [6.45, 7) is 15.3. The molecule has 3 rings (SSSR count). The zero-order valence-corrected chi connectivity index (χ0v) is 22.3. The zero-order chi connectivity index (χ0) is 24.7. The number of hydrogen-bond donors (Lipinski definition) is 1. The molecule has 1 aliphatic heterocycles. The number of carbonyl (C=O) groups is 1. The minimum atomic E-state index is -1.04. The molecule has 0 bridgehead atoms. The Kier molecular flexibility index (Phi) is 9.83. The Morgan fingerprint density at radius 2 is 1.74 bits per heavy atom. The van der Waals surface area contributed by atoms with Crippen molar-refractivity contribution in [1.82, 2.24) is 4.90 Å². The van der Waals surface area contributed by atoms with Gasteiger partial charge in [0.2, 0.25) is 0 Å². The first-order valence-corrected chi connectivity index (χ1v) is 14.1. The Labute approximate surface area is 209 Å². The average molecular weight is 468 g/mol. The van der Waals surface area contributed by atoms with Crippen LogP contribution in [0, 0.1) is 17.8 Å². The molecule has 1 aliphatic carbocycles. The summed E-state index contributed by atoms with van der Waals surface area (Å²) in [5.74, 6) is 2.58. The number of unbranched alkanes of at least 4 members (excludes halogenated alkanes) is 1. The lowest BCUT2D eigenvalue weighted by Crippen LogP contribution is -2.45. The molecule has 3 atom stereocenters. The van der Waals surface area contributed by atoms with Crippen molar-refractivity contribution in [3.8, 4) is 0 Å². The molecule has 1 amide bonds. The highest BCUT2D eigenvalue weighted by Crippen LogP contribution is 2.39. The highest BCUT2D eigenvalue weighted by Gasteiger charge is 2.50. The lowest BCUT2D eigenvalue weighted by molar-refractivity contribution is -0.143. The van der Waals surface area contributed by atoms with Gasteiger partial charge in [-0.15, -0.1) is 0 Å². The van der Waals surface area contributed by atoms with Crippen LogP contribution in [0.5, 0.6) is 0 Å². The second kappa shape index (κ2) is 12.4. The Balaban J connectivity index is 1.61. The number of likely N-dealkylation sites (tertiary alicyclic amines) is 1. The van der Waals surface area contributed by atoms with Gasteiger partial charge in [-0.3, -0.25) is 4.79 Å². The molecule has 2 fully saturated rings. The fourth-order valence-electron chi connectivity index (χ4n) is 5.67. The van der Waals surface area contributed by atoms with Gasteiger partial charge in [0.1, 0.15) is 5.60 Å². The third-order valence-corrected chi connectivity index (χ3v) is 8.69. The summed E-state index contributed by atoms with van der Waals surface area (Å²) in [4.78, 5) is 14.3. The fourth-order valence-corrected chi connectivity index (χ4v) is 5.67. The molecule has 2 aliphatic rings. The normalized spacial score (nSPS) is 20.6. The van der Waals surface area contributed by atoms with E-state index in [2.05, 4.69) is 58.5 Å². The van der Waals surface area contributed by atoms with Crippen LogP contribution in [0.3, 0.4) is 0 Å². The minimum Gasteiger partial charge on any atom is -0.380 e. The van der Waals surface area contributed by atoms with Crippen LogP contribution in [0.15, 0.2) is 30.8 Å². The molecule has 190 valence electrons. The second-order valence-corrected chi connectivity index (χ2v) is 11.3. The van der Waals surface area contributed by atoms with E-state index in [4.69, 9.17) is 0 Å². The predicted molar refractivity (Wildman–Crippen MR) is 144 cm³/mol. The monoisotopic (exact) mass is 467 g/mol. The summed E-state index contributed by atoms with van der Waals surface area (Å²) in [5, 5.41) is 10.1. The van der Waals surface area contributed by atoms with Crippen LogP contribution in [0.25, 0.3) is 5.57 Å². The number of carbonyl (C=O) groups excluding carboxylic acids is 1. The Morgan fingerprint density at radius 1 is 1.09 bits per heavy atom. The van der Waals surface area contributed by atoms with Gasteiger partial charge in [0, 0.05) is 13.1 Å². The van der Waals surface area contributed by atoms with E-state index in [1.807, 2.05) is 4.90 Å².